The molecule has 2 N–H and O–H groups in total. The summed E-state index contributed by atoms with van der Waals surface area (Å²) in [5.41, 5.74) is 2.92. The van der Waals surface area contributed by atoms with Crippen LogP contribution in [-0.2, 0) is 10.0 Å². The van der Waals surface area contributed by atoms with E-state index in [0.29, 0.717) is 11.4 Å². The smallest absolute Gasteiger partial charge is 0.263 e. The fourth-order valence-electron chi connectivity index (χ4n) is 2.56. The first-order valence-corrected chi connectivity index (χ1v) is 9.68. The quantitative estimate of drug-likeness (QED) is 0.698. The van der Waals surface area contributed by atoms with Gasteiger partial charge in [-0.15, -0.1) is 0 Å². The maximum atomic E-state index is 12.5. The Morgan fingerprint density at radius 1 is 1.04 bits per heavy atom. The highest BCUT2D eigenvalue weighted by atomic mass is 32.2. The highest BCUT2D eigenvalue weighted by Crippen LogP contribution is 2.20. The van der Waals surface area contributed by atoms with Crippen LogP contribution in [0, 0.1) is 20.8 Å². The Morgan fingerprint density at radius 2 is 1.81 bits per heavy atom. The summed E-state index contributed by atoms with van der Waals surface area (Å²) in [4.78, 5) is 12.5. The van der Waals surface area contributed by atoms with Crippen molar-refractivity contribution in [3.8, 4) is 0 Å². The molecule has 0 aliphatic carbocycles. The van der Waals surface area contributed by atoms with E-state index in [2.05, 4.69) is 15.2 Å². The zero-order valence-electron chi connectivity index (χ0n) is 15.1. The lowest BCUT2D eigenvalue weighted by molar-refractivity contribution is 0.102. The number of sulfonamides is 1. The molecule has 0 atom stereocenters. The number of aryl methyl sites for hydroxylation is 3. The Kier molecular flexibility index (Phi) is 5.00. The first-order chi connectivity index (χ1) is 12.7. The average Bonchev–Trinajstić information content (AvgIpc) is 3.01. The van der Waals surface area contributed by atoms with E-state index in [9.17, 15) is 13.2 Å². The second-order valence-electron chi connectivity index (χ2n) is 6.23. The van der Waals surface area contributed by atoms with E-state index >= 15 is 0 Å². The van der Waals surface area contributed by atoms with Crippen LogP contribution < -0.4 is 10.0 Å². The molecule has 140 valence electrons. The van der Waals surface area contributed by atoms with E-state index in [1.807, 2.05) is 32.0 Å². The van der Waals surface area contributed by atoms with Crippen molar-refractivity contribution >= 4 is 27.4 Å². The van der Waals surface area contributed by atoms with Gasteiger partial charge in [0.2, 0.25) is 0 Å². The third-order valence-corrected chi connectivity index (χ3v) is 5.26. The van der Waals surface area contributed by atoms with Crippen LogP contribution in [0.1, 0.15) is 27.2 Å². The molecule has 0 radical (unpaired) electrons. The summed E-state index contributed by atoms with van der Waals surface area (Å²) in [5, 5.41) is 6.42. The highest BCUT2D eigenvalue weighted by Gasteiger charge is 2.18. The summed E-state index contributed by atoms with van der Waals surface area (Å²) in [6, 6.07) is 12.9. The topological polar surface area (TPSA) is 101 Å². The third kappa shape index (κ3) is 4.35. The first kappa shape index (κ1) is 18.7. The number of rotatable bonds is 5. The number of hydrogen-bond donors (Lipinski definition) is 2. The standard InChI is InChI=1S/C19H19N3O4S/c1-12-7-8-17(13(2)9-12)20-19(23)15-5-4-6-16(11-15)27(24,25)22-18-10-14(3)26-21-18/h4-11H,1-3H3,(H,20,23)(H,21,22). The Labute approximate surface area is 157 Å². The van der Waals surface area contributed by atoms with Crippen molar-refractivity contribution in [1.82, 2.24) is 5.16 Å². The number of benzene rings is 2. The van der Waals surface area contributed by atoms with Crippen molar-refractivity contribution in [2.45, 2.75) is 25.7 Å². The SMILES string of the molecule is Cc1ccc(NC(=O)c2cccc(S(=O)(=O)Nc3cc(C)on3)c2)c(C)c1. The Bertz CT molecular complexity index is 1100. The van der Waals surface area contributed by atoms with Crippen LogP contribution in [0.5, 0.6) is 0 Å². The average molecular weight is 385 g/mol. The number of carbonyl (C=O) groups excluding carboxylic acids is 1. The molecule has 0 spiro atoms. The van der Waals surface area contributed by atoms with Crippen LogP contribution in [0.4, 0.5) is 11.5 Å². The van der Waals surface area contributed by atoms with Crippen LogP contribution in [0.15, 0.2) is 57.9 Å². The molecule has 0 saturated heterocycles. The molecule has 3 aromatic rings. The fraction of sp³-hybridized carbons (Fsp3) is 0.158. The van der Waals surface area contributed by atoms with Gasteiger partial charge in [0.1, 0.15) is 5.76 Å². The lowest BCUT2D eigenvalue weighted by atomic mass is 10.1. The van der Waals surface area contributed by atoms with Crippen molar-refractivity contribution < 1.29 is 17.7 Å². The van der Waals surface area contributed by atoms with Crippen LogP contribution in [-0.4, -0.2) is 19.5 Å². The van der Waals surface area contributed by atoms with E-state index in [1.54, 1.807) is 13.0 Å². The van der Waals surface area contributed by atoms with Crippen LogP contribution >= 0.6 is 0 Å². The van der Waals surface area contributed by atoms with Crippen molar-refractivity contribution in [3.63, 3.8) is 0 Å². The van der Waals surface area contributed by atoms with Crippen LogP contribution in [0.25, 0.3) is 0 Å². The summed E-state index contributed by atoms with van der Waals surface area (Å²) < 4.78 is 32.2. The van der Waals surface area contributed by atoms with Gasteiger partial charge in [-0.2, -0.15) is 0 Å². The summed E-state index contributed by atoms with van der Waals surface area (Å²) >= 11 is 0. The highest BCUT2D eigenvalue weighted by molar-refractivity contribution is 7.92. The second kappa shape index (κ2) is 7.24. The van der Waals surface area contributed by atoms with E-state index < -0.39 is 15.9 Å². The van der Waals surface area contributed by atoms with E-state index in [4.69, 9.17) is 4.52 Å². The van der Waals surface area contributed by atoms with Gasteiger partial charge in [0.25, 0.3) is 15.9 Å². The Morgan fingerprint density at radius 3 is 2.48 bits per heavy atom. The van der Waals surface area contributed by atoms with Gasteiger partial charge in [0, 0.05) is 17.3 Å². The summed E-state index contributed by atoms with van der Waals surface area (Å²) in [6.07, 6.45) is 0. The van der Waals surface area contributed by atoms with Crippen molar-refractivity contribution in [2.75, 3.05) is 10.0 Å². The third-order valence-electron chi connectivity index (χ3n) is 3.90. The van der Waals surface area contributed by atoms with E-state index in [-0.39, 0.29) is 16.3 Å². The molecule has 8 heteroatoms. The largest absolute Gasteiger partial charge is 0.360 e. The number of amides is 1. The summed E-state index contributed by atoms with van der Waals surface area (Å²) in [6.45, 7) is 5.52. The molecule has 27 heavy (non-hydrogen) atoms. The van der Waals surface area contributed by atoms with Crippen molar-refractivity contribution in [2.24, 2.45) is 0 Å². The first-order valence-electron chi connectivity index (χ1n) is 8.19. The molecule has 1 amide bonds. The van der Waals surface area contributed by atoms with Gasteiger partial charge in [0.05, 0.1) is 4.90 Å². The number of nitrogens with one attached hydrogen (secondary N) is 2. The van der Waals surface area contributed by atoms with E-state index in [0.717, 1.165) is 11.1 Å². The molecular weight excluding hydrogens is 366 g/mol. The number of hydrogen-bond acceptors (Lipinski definition) is 5. The van der Waals surface area contributed by atoms with Crippen LogP contribution in [0.2, 0.25) is 0 Å². The molecule has 7 nitrogen and oxygen atoms in total. The predicted octanol–water partition coefficient (Wildman–Crippen LogP) is 3.65. The number of anilines is 2. The minimum Gasteiger partial charge on any atom is -0.360 e. The van der Waals surface area contributed by atoms with Crippen molar-refractivity contribution in [1.29, 1.82) is 0 Å². The molecule has 2 aromatic carbocycles. The fourth-order valence-corrected chi connectivity index (χ4v) is 3.59. The molecule has 0 bridgehead atoms. The van der Waals surface area contributed by atoms with E-state index in [1.165, 1.54) is 24.3 Å². The van der Waals surface area contributed by atoms with Gasteiger partial charge < -0.3 is 9.84 Å². The summed E-state index contributed by atoms with van der Waals surface area (Å²) in [7, 11) is -3.90. The second-order valence-corrected chi connectivity index (χ2v) is 7.91. The molecule has 1 heterocycles. The molecule has 0 unspecified atom stereocenters. The maximum Gasteiger partial charge on any atom is 0.263 e. The summed E-state index contributed by atoms with van der Waals surface area (Å²) in [5.74, 6) is 0.170. The molecule has 1 aromatic heterocycles. The maximum absolute atomic E-state index is 12.5. The van der Waals surface area contributed by atoms with Gasteiger partial charge in [-0.05, 0) is 50.6 Å². The van der Waals surface area contributed by atoms with Gasteiger partial charge in [-0.25, -0.2) is 8.42 Å². The molecule has 0 saturated carbocycles. The van der Waals surface area contributed by atoms with Gasteiger partial charge >= 0.3 is 0 Å². The normalized spacial score (nSPS) is 11.2. The zero-order chi connectivity index (χ0) is 19.6. The number of nitrogens with zero attached hydrogens (tertiary/aromatic N) is 1. The zero-order valence-corrected chi connectivity index (χ0v) is 15.9. The van der Waals surface area contributed by atoms with Crippen LogP contribution in [0.3, 0.4) is 0 Å². The minimum absolute atomic E-state index is 0.0450. The Balaban J connectivity index is 1.83. The lowest BCUT2D eigenvalue weighted by Crippen LogP contribution is -2.16. The monoisotopic (exact) mass is 385 g/mol. The molecule has 0 aliphatic heterocycles. The number of aromatic nitrogens is 1. The molecule has 0 fully saturated rings. The van der Waals surface area contributed by atoms with Gasteiger partial charge in [-0.3, -0.25) is 9.52 Å². The Hall–Kier alpha value is -3.13. The lowest BCUT2D eigenvalue weighted by Gasteiger charge is -2.10. The van der Waals surface area contributed by atoms with Gasteiger partial charge in [-0.1, -0.05) is 28.9 Å². The molecular formula is C19H19N3O4S. The predicted molar refractivity (Wildman–Crippen MR) is 102 cm³/mol. The van der Waals surface area contributed by atoms with Gasteiger partial charge in [0.15, 0.2) is 5.82 Å². The van der Waals surface area contributed by atoms with Crippen molar-refractivity contribution in [3.05, 3.63) is 71.0 Å². The minimum atomic E-state index is -3.90. The number of carbonyl (C=O) groups is 1. The molecule has 3 rings (SSSR count). The molecule has 0 aliphatic rings.